The first-order valence-corrected chi connectivity index (χ1v) is 7.98. The third-order valence-corrected chi connectivity index (χ3v) is 4.45. The molecule has 2 aromatic rings. The van der Waals surface area contributed by atoms with E-state index in [1.165, 1.54) is 0 Å². The number of halogens is 2. The maximum atomic E-state index is 12.4. The van der Waals surface area contributed by atoms with E-state index in [-0.39, 0.29) is 18.6 Å². The minimum Gasteiger partial charge on any atom is -0.488 e. The number of nitrogens with one attached hydrogen (secondary N) is 1. The number of benzene rings is 2. The van der Waals surface area contributed by atoms with Crippen LogP contribution in [0.5, 0.6) is 5.75 Å². The summed E-state index contributed by atoms with van der Waals surface area (Å²) in [6, 6.07) is 12.8. The van der Waals surface area contributed by atoms with E-state index in [0.717, 1.165) is 16.9 Å². The molecule has 0 aliphatic carbocycles. The Labute approximate surface area is 144 Å². The first-order valence-electron chi connectivity index (χ1n) is 7.23. The van der Waals surface area contributed by atoms with E-state index >= 15 is 0 Å². The van der Waals surface area contributed by atoms with Gasteiger partial charge in [0.2, 0.25) is 0 Å². The molecular formula is C18H15Cl2NO2. The number of fused-ring (bicyclic) bond motifs is 1. The van der Waals surface area contributed by atoms with Crippen LogP contribution in [0.4, 0.5) is 0 Å². The normalized spacial score (nSPS) is 14.3. The maximum absolute atomic E-state index is 12.4. The Balaban J connectivity index is 1.74. The van der Waals surface area contributed by atoms with E-state index < -0.39 is 0 Å². The molecule has 1 N–H and O–H groups in total. The van der Waals surface area contributed by atoms with Crippen LogP contribution in [0.3, 0.4) is 0 Å². The standard InChI is InChI=1S/C18H15Cl2NO2/c1-11(12-6-7-15(19)16(20)9-12)21-18(22)14-8-13-4-2-3-5-17(13)23-10-14/h2-9,11H,10H2,1H3,(H,21,22). The van der Waals surface area contributed by atoms with Crippen molar-refractivity contribution in [2.24, 2.45) is 0 Å². The lowest BCUT2D eigenvalue weighted by Gasteiger charge is -2.20. The molecule has 0 radical (unpaired) electrons. The molecule has 118 valence electrons. The van der Waals surface area contributed by atoms with Gasteiger partial charge in [0, 0.05) is 5.56 Å². The molecule has 0 saturated carbocycles. The monoisotopic (exact) mass is 347 g/mol. The summed E-state index contributed by atoms with van der Waals surface area (Å²) in [6.45, 7) is 2.16. The number of ether oxygens (including phenoxy) is 1. The maximum Gasteiger partial charge on any atom is 0.251 e. The first kappa shape index (κ1) is 15.9. The van der Waals surface area contributed by atoms with E-state index in [0.29, 0.717) is 15.6 Å². The van der Waals surface area contributed by atoms with Crippen molar-refractivity contribution >= 4 is 35.2 Å². The Kier molecular flexibility index (Phi) is 4.60. The third kappa shape index (κ3) is 3.52. The molecule has 3 nitrogen and oxygen atoms in total. The second kappa shape index (κ2) is 6.65. The second-order valence-corrected chi connectivity index (χ2v) is 6.18. The first-order chi connectivity index (χ1) is 11.0. The van der Waals surface area contributed by atoms with Gasteiger partial charge in [0.1, 0.15) is 12.4 Å². The van der Waals surface area contributed by atoms with Crippen LogP contribution in [0, 0.1) is 0 Å². The lowest BCUT2D eigenvalue weighted by Crippen LogP contribution is -2.30. The SMILES string of the molecule is CC(NC(=O)C1=Cc2ccccc2OC1)c1ccc(Cl)c(Cl)c1. The molecule has 1 amide bonds. The number of carbonyl (C=O) groups is 1. The minimum atomic E-state index is -0.185. The number of hydrogen-bond donors (Lipinski definition) is 1. The minimum absolute atomic E-state index is 0.155. The van der Waals surface area contributed by atoms with E-state index in [4.69, 9.17) is 27.9 Å². The lowest BCUT2D eigenvalue weighted by atomic mass is 10.1. The van der Waals surface area contributed by atoms with Crippen molar-refractivity contribution in [2.45, 2.75) is 13.0 Å². The number of amides is 1. The van der Waals surface area contributed by atoms with Crippen molar-refractivity contribution < 1.29 is 9.53 Å². The average molecular weight is 348 g/mol. The Morgan fingerprint density at radius 3 is 2.74 bits per heavy atom. The Bertz CT molecular complexity index is 786. The molecular weight excluding hydrogens is 333 g/mol. The Hall–Kier alpha value is -1.97. The van der Waals surface area contributed by atoms with Crippen LogP contribution in [-0.4, -0.2) is 12.5 Å². The van der Waals surface area contributed by atoms with Crippen LogP contribution in [0.2, 0.25) is 10.0 Å². The zero-order valence-corrected chi connectivity index (χ0v) is 14.0. The highest BCUT2D eigenvalue weighted by atomic mass is 35.5. The summed E-state index contributed by atoms with van der Waals surface area (Å²) in [4.78, 5) is 12.4. The molecule has 0 bridgehead atoms. The van der Waals surface area contributed by atoms with Gasteiger partial charge in [0.15, 0.2) is 0 Å². The van der Waals surface area contributed by atoms with Crippen LogP contribution in [0.1, 0.15) is 24.1 Å². The summed E-state index contributed by atoms with van der Waals surface area (Å²) >= 11 is 11.9. The molecule has 23 heavy (non-hydrogen) atoms. The van der Waals surface area contributed by atoms with Crippen molar-refractivity contribution in [3.63, 3.8) is 0 Å². The molecule has 3 rings (SSSR count). The lowest BCUT2D eigenvalue weighted by molar-refractivity contribution is -0.118. The fourth-order valence-corrected chi connectivity index (χ4v) is 2.71. The highest BCUT2D eigenvalue weighted by Crippen LogP contribution is 2.27. The molecule has 1 aliphatic rings. The quantitative estimate of drug-likeness (QED) is 0.877. The number of hydrogen-bond acceptors (Lipinski definition) is 2. The van der Waals surface area contributed by atoms with E-state index in [2.05, 4.69) is 5.32 Å². The molecule has 5 heteroatoms. The zero-order chi connectivity index (χ0) is 16.4. The van der Waals surface area contributed by atoms with Gasteiger partial charge in [-0.25, -0.2) is 0 Å². The van der Waals surface area contributed by atoms with Gasteiger partial charge in [-0.1, -0.05) is 47.5 Å². The van der Waals surface area contributed by atoms with Gasteiger partial charge in [-0.2, -0.15) is 0 Å². The van der Waals surface area contributed by atoms with Crippen molar-refractivity contribution in [3.05, 3.63) is 69.2 Å². The molecule has 1 unspecified atom stereocenters. The molecule has 1 atom stereocenters. The molecule has 2 aromatic carbocycles. The van der Waals surface area contributed by atoms with E-state index in [9.17, 15) is 4.79 Å². The molecule has 0 fully saturated rings. The predicted octanol–water partition coefficient (Wildman–Crippen LogP) is 4.65. The molecule has 0 spiro atoms. The van der Waals surface area contributed by atoms with Gasteiger partial charge < -0.3 is 10.1 Å². The summed E-state index contributed by atoms with van der Waals surface area (Å²) < 4.78 is 5.61. The van der Waals surface area contributed by atoms with Crippen LogP contribution in [0.25, 0.3) is 6.08 Å². The molecule has 1 heterocycles. The fourth-order valence-electron chi connectivity index (χ4n) is 2.40. The van der Waals surface area contributed by atoms with Crippen LogP contribution in [-0.2, 0) is 4.79 Å². The summed E-state index contributed by atoms with van der Waals surface area (Å²) in [7, 11) is 0. The zero-order valence-electron chi connectivity index (χ0n) is 12.5. The smallest absolute Gasteiger partial charge is 0.251 e. The van der Waals surface area contributed by atoms with E-state index in [1.54, 1.807) is 12.1 Å². The van der Waals surface area contributed by atoms with Crippen LogP contribution < -0.4 is 10.1 Å². The van der Waals surface area contributed by atoms with E-state index in [1.807, 2.05) is 43.3 Å². The van der Waals surface area contributed by atoms with Gasteiger partial charge in [-0.05, 0) is 36.8 Å². The second-order valence-electron chi connectivity index (χ2n) is 5.36. The van der Waals surface area contributed by atoms with Crippen LogP contribution >= 0.6 is 23.2 Å². The molecule has 1 aliphatic heterocycles. The number of rotatable bonds is 3. The van der Waals surface area contributed by atoms with Gasteiger partial charge in [0.25, 0.3) is 5.91 Å². The van der Waals surface area contributed by atoms with Gasteiger partial charge >= 0.3 is 0 Å². The van der Waals surface area contributed by atoms with Crippen molar-refractivity contribution in [1.82, 2.24) is 5.32 Å². The number of para-hydroxylation sites is 1. The highest BCUT2D eigenvalue weighted by molar-refractivity contribution is 6.42. The Morgan fingerprint density at radius 2 is 1.96 bits per heavy atom. The molecule has 0 aromatic heterocycles. The average Bonchev–Trinajstić information content (AvgIpc) is 2.56. The van der Waals surface area contributed by atoms with Crippen LogP contribution in [0.15, 0.2) is 48.0 Å². The fraction of sp³-hybridized carbons (Fsp3) is 0.167. The summed E-state index contributed by atoms with van der Waals surface area (Å²) in [5.74, 6) is 0.639. The third-order valence-electron chi connectivity index (χ3n) is 3.71. The highest BCUT2D eigenvalue weighted by Gasteiger charge is 2.19. The summed E-state index contributed by atoms with van der Waals surface area (Å²) in [5, 5.41) is 3.92. The van der Waals surface area contributed by atoms with Crippen molar-refractivity contribution in [2.75, 3.05) is 6.61 Å². The largest absolute Gasteiger partial charge is 0.488 e. The summed E-state index contributed by atoms with van der Waals surface area (Å²) in [5.41, 5.74) is 2.40. The topological polar surface area (TPSA) is 38.3 Å². The van der Waals surface area contributed by atoms with Gasteiger partial charge in [-0.15, -0.1) is 0 Å². The van der Waals surface area contributed by atoms with Crippen molar-refractivity contribution in [1.29, 1.82) is 0 Å². The van der Waals surface area contributed by atoms with Crippen molar-refractivity contribution in [3.8, 4) is 5.75 Å². The predicted molar refractivity (Wildman–Crippen MR) is 92.9 cm³/mol. The molecule has 0 saturated heterocycles. The van der Waals surface area contributed by atoms with Gasteiger partial charge in [0.05, 0.1) is 21.7 Å². The number of carbonyl (C=O) groups excluding carboxylic acids is 1. The Morgan fingerprint density at radius 1 is 1.17 bits per heavy atom. The summed E-state index contributed by atoms with van der Waals surface area (Å²) in [6.07, 6.45) is 1.86. The van der Waals surface area contributed by atoms with Gasteiger partial charge in [-0.3, -0.25) is 4.79 Å².